The van der Waals surface area contributed by atoms with Crippen LogP contribution in [0.5, 0.6) is 0 Å². The minimum Gasteiger partial charge on any atom is -0.366 e. The molecule has 0 saturated carbocycles. The van der Waals surface area contributed by atoms with Crippen LogP contribution in [0.15, 0.2) is 47.5 Å². The fourth-order valence-electron chi connectivity index (χ4n) is 1.50. The Bertz CT molecular complexity index is 605. The standard InChI is InChI=1S/C13H11ClN2O2/c14-10-3-1-9(2-4-10)7-13(18)16-11-8-15-6-5-12(11)17/h1-6,8H,7H2,(H,15,17)(H,16,18). The fourth-order valence-corrected chi connectivity index (χ4v) is 1.62. The van der Waals surface area contributed by atoms with Crippen molar-refractivity contribution < 1.29 is 4.79 Å². The lowest BCUT2D eigenvalue weighted by Crippen LogP contribution is -2.19. The molecule has 5 heteroatoms. The van der Waals surface area contributed by atoms with Crippen LogP contribution in [0.4, 0.5) is 5.69 Å². The largest absolute Gasteiger partial charge is 0.366 e. The second-order valence-corrected chi connectivity index (χ2v) is 4.21. The number of nitrogens with one attached hydrogen (secondary N) is 2. The number of benzene rings is 1. The van der Waals surface area contributed by atoms with Crippen LogP contribution < -0.4 is 10.7 Å². The van der Waals surface area contributed by atoms with Gasteiger partial charge in [-0.15, -0.1) is 0 Å². The molecule has 1 heterocycles. The second-order valence-electron chi connectivity index (χ2n) is 3.77. The van der Waals surface area contributed by atoms with E-state index in [4.69, 9.17) is 11.6 Å². The van der Waals surface area contributed by atoms with Crippen LogP contribution in [-0.2, 0) is 11.2 Å². The fraction of sp³-hybridized carbons (Fsp3) is 0.0769. The van der Waals surface area contributed by atoms with Crippen molar-refractivity contribution in [3.63, 3.8) is 0 Å². The average molecular weight is 263 g/mol. The van der Waals surface area contributed by atoms with Crippen LogP contribution in [0.2, 0.25) is 5.02 Å². The van der Waals surface area contributed by atoms with E-state index >= 15 is 0 Å². The highest BCUT2D eigenvalue weighted by atomic mass is 35.5. The summed E-state index contributed by atoms with van der Waals surface area (Å²) in [5.41, 5.74) is 0.860. The van der Waals surface area contributed by atoms with E-state index in [1.807, 2.05) is 0 Å². The highest BCUT2D eigenvalue weighted by Crippen LogP contribution is 2.10. The molecule has 0 fully saturated rings. The van der Waals surface area contributed by atoms with Crippen molar-refractivity contribution in [2.75, 3.05) is 5.32 Å². The van der Waals surface area contributed by atoms with E-state index in [1.165, 1.54) is 18.5 Å². The first kappa shape index (κ1) is 12.4. The molecule has 1 amide bonds. The molecule has 0 radical (unpaired) electrons. The van der Waals surface area contributed by atoms with Gasteiger partial charge in [-0.05, 0) is 17.7 Å². The second kappa shape index (κ2) is 5.51. The number of carbonyl (C=O) groups excluding carboxylic acids is 1. The number of anilines is 1. The molecular formula is C13H11ClN2O2. The van der Waals surface area contributed by atoms with E-state index in [2.05, 4.69) is 10.3 Å². The van der Waals surface area contributed by atoms with Crippen molar-refractivity contribution >= 4 is 23.2 Å². The minimum absolute atomic E-state index is 0.200. The lowest BCUT2D eigenvalue weighted by atomic mass is 10.1. The number of halogens is 1. The minimum atomic E-state index is -0.242. The third-order valence-corrected chi connectivity index (χ3v) is 2.63. The average Bonchev–Trinajstić information content (AvgIpc) is 2.35. The maximum absolute atomic E-state index is 11.7. The summed E-state index contributed by atoms with van der Waals surface area (Å²) >= 11 is 5.75. The zero-order valence-corrected chi connectivity index (χ0v) is 10.2. The monoisotopic (exact) mass is 262 g/mol. The summed E-state index contributed by atoms with van der Waals surface area (Å²) in [5.74, 6) is -0.242. The molecule has 4 nitrogen and oxygen atoms in total. The third kappa shape index (κ3) is 3.21. The van der Waals surface area contributed by atoms with Crippen molar-refractivity contribution in [1.82, 2.24) is 4.98 Å². The Kier molecular flexibility index (Phi) is 3.79. The summed E-state index contributed by atoms with van der Waals surface area (Å²) in [6.07, 6.45) is 3.17. The molecule has 2 rings (SSSR count). The normalized spacial score (nSPS) is 10.1. The summed E-state index contributed by atoms with van der Waals surface area (Å²) in [6, 6.07) is 8.35. The molecule has 1 aromatic heterocycles. The van der Waals surface area contributed by atoms with Crippen LogP contribution in [0, 0.1) is 0 Å². The Morgan fingerprint density at radius 3 is 2.61 bits per heavy atom. The first-order valence-corrected chi connectivity index (χ1v) is 5.74. The zero-order valence-electron chi connectivity index (χ0n) is 9.44. The predicted octanol–water partition coefficient (Wildman–Crippen LogP) is 2.21. The number of aromatic amines is 1. The van der Waals surface area contributed by atoms with Gasteiger partial charge in [0.1, 0.15) is 5.69 Å². The first-order chi connectivity index (χ1) is 8.65. The number of H-pyrrole nitrogens is 1. The highest BCUT2D eigenvalue weighted by molar-refractivity contribution is 6.30. The van der Waals surface area contributed by atoms with Crippen LogP contribution in [0.3, 0.4) is 0 Å². The van der Waals surface area contributed by atoms with Crippen molar-refractivity contribution in [2.24, 2.45) is 0 Å². The van der Waals surface area contributed by atoms with Gasteiger partial charge in [0.2, 0.25) is 11.3 Å². The topological polar surface area (TPSA) is 62.0 Å². The Hall–Kier alpha value is -2.07. The van der Waals surface area contributed by atoms with Gasteiger partial charge < -0.3 is 10.3 Å². The maximum atomic E-state index is 11.7. The SMILES string of the molecule is O=C(Cc1ccc(Cl)cc1)Nc1c[nH]ccc1=O. The van der Waals surface area contributed by atoms with E-state index in [9.17, 15) is 9.59 Å². The molecular weight excluding hydrogens is 252 g/mol. The molecule has 92 valence electrons. The van der Waals surface area contributed by atoms with E-state index in [-0.39, 0.29) is 23.4 Å². The van der Waals surface area contributed by atoms with Gasteiger partial charge >= 0.3 is 0 Å². The third-order valence-electron chi connectivity index (χ3n) is 2.38. The number of rotatable bonds is 3. The summed E-state index contributed by atoms with van der Waals surface area (Å²) < 4.78 is 0. The first-order valence-electron chi connectivity index (χ1n) is 5.36. The van der Waals surface area contributed by atoms with Gasteiger partial charge in [0.15, 0.2) is 0 Å². The molecule has 2 aromatic rings. The molecule has 18 heavy (non-hydrogen) atoms. The van der Waals surface area contributed by atoms with E-state index in [0.29, 0.717) is 5.02 Å². The molecule has 0 saturated heterocycles. The van der Waals surface area contributed by atoms with Crippen molar-refractivity contribution in [3.05, 3.63) is 63.5 Å². The van der Waals surface area contributed by atoms with Crippen molar-refractivity contribution in [3.8, 4) is 0 Å². The Morgan fingerprint density at radius 2 is 1.94 bits per heavy atom. The lowest BCUT2D eigenvalue weighted by Gasteiger charge is -2.04. The van der Waals surface area contributed by atoms with Crippen molar-refractivity contribution in [1.29, 1.82) is 0 Å². The molecule has 2 N–H and O–H groups in total. The number of amides is 1. The van der Waals surface area contributed by atoms with Gasteiger partial charge in [0.25, 0.3) is 0 Å². The molecule has 0 bridgehead atoms. The maximum Gasteiger partial charge on any atom is 0.228 e. The van der Waals surface area contributed by atoms with Crippen LogP contribution in [-0.4, -0.2) is 10.9 Å². The summed E-state index contributed by atoms with van der Waals surface area (Å²) in [4.78, 5) is 25.9. The van der Waals surface area contributed by atoms with Gasteiger partial charge in [-0.1, -0.05) is 23.7 Å². The van der Waals surface area contributed by atoms with E-state index in [1.54, 1.807) is 24.3 Å². The Labute approximate surface area is 109 Å². The summed E-state index contributed by atoms with van der Waals surface area (Å²) in [7, 11) is 0. The quantitative estimate of drug-likeness (QED) is 0.891. The van der Waals surface area contributed by atoms with Gasteiger partial charge in [-0.3, -0.25) is 9.59 Å². The number of aromatic nitrogens is 1. The van der Waals surface area contributed by atoms with E-state index in [0.717, 1.165) is 5.56 Å². The number of hydrogen-bond donors (Lipinski definition) is 2. The highest BCUT2D eigenvalue weighted by Gasteiger charge is 2.06. The molecule has 1 aromatic carbocycles. The number of pyridine rings is 1. The summed E-state index contributed by atoms with van der Waals surface area (Å²) in [6.45, 7) is 0. The molecule has 0 atom stereocenters. The Balaban J connectivity index is 2.03. The molecule has 0 aliphatic rings. The molecule has 0 aliphatic heterocycles. The van der Waals surface area contributed by atoms with Gasteiger partial charge in [-0.2, -0.15) is 0 Å². The smallest absolute Gasteiger partial charge is 0.228 e. The van der Waals surface area contributed by atoms with Crippen LogP contribution in [0.1, 0.15) is 5.56 Å². The van der Waals surface area contributed by atoms with Gasteiger partial charge in [0.05, 0.1) is 6.42 Å². The van der Waals surface area contributed by atoms with Gasteiger partial charge in [-0.25, -0.2) is 0 Å². The zero-order chi connectivity index (χ0) is 13.0. The van der Waals surface area contributed by atoms with E-state index < -0.39 is 0 Å². The molecule has 0 unspecified atom stereocenters. The number of carbonyl (C=O) groups is 1. The van der Waals surface area contributed by atoms with Gasteiger partial charge in [0, 0.05) is 23.5 Å². The Morgan fingerprint density at radius 1 is 1.22 bits per heavy atom. The lowest BCUT2D eigenvalue weighted by molar-refractivity contribution is -0.115. The molecule has 0 aliphatic carbocycles. The number of hydrogen-bond acceptors (Lipinski definition) is 2. The van der Waals surface area contributed by atoms with Crippen molar-refractivity contribution in [2.45, 2.75) is 6.42 Å². The van der Waals surface area contributed by atoms with Crippen LogP contribution >= 0.6 is 11.6 Å². The summed E-state index contributed by atoms with van der Waals surface area (Å²) in [5, 5.41) is 3.18. The predicted molar refractivity (Wildman–Crippen MR) is 70.8 cm³/mol. The van der Waals surface area contributed by atoms with Crippen LogP contribution in [0.25, 0.3) is 0 Å². The molecule has 0 spiro atoms.